The summed E-state index contributed by atoms with van der Waals surface area (Å²) in [5.74, 6) is -1.58. The second-order valence-corrected chi connectivity index (χ2v) is 5.51. The first-order valence-electron chi connectivity index (χ1n) is 6.04. The third-order valence-corrected chi connectivity index (χ3v) is 3.95. The minimum absolute atomic E-state index is 0.0612. The minimum Gasteiger partial charge on any atom is -0.481 e. The smallest absolute Gasteiger partial charge is 0.330 e. The predicted molar refractivity (Wildman–Crippen MR) is 61.3 cm³/mol. The Hall–Kier alpha value is -1.32. The number of carboxylic acid groups (broad SMARTS) is 1. The van der Waals surface area contributed by atoms with Crippen molar-refractivity contribution in [3.05, 3.63) is 12.2 Å². The van der Waals surface area contributed by atoms with Gasteiger partial charge in [-0.3, -0.25) is 4.79 Å². The Morgan fingerprint density at radius 1 is 1.35 bits per heavy atom. The lowest BCUT2D eigenvalue weighted by molar-refractivity contribution is -0.146. The van der Waals surface area contributed by atoms with Gasteiger partial charge >= 0.3 is 11.9 Å². The summed E-state index contributed by atoms with van der Waals surface area (Å²) in [6.07, 6.45) is 6.17. The van der Waals surface area contributed by atoms with E-state index in [-0.39, 0.29) is 29.3 Å². The van der Waals surface area contributed by atoms with E-state index in [1.54, 1.807) is 6.08 Å². The molecule has 1 N–H and O–H groups in total. The van der Waals surface area contributed by atoms with Crippen LogP contribution in [0.1, 0.15) is 33.1 Å². The molecular weight excluding hydrogens is 220 g/mol. The molecule has 2 rings (SSSR count). The highest BCUT2D eigenvalue weighted by atomic mass is 16.5. The molecule has 0 aliphatic heterocycles. The van der Waals surface area contributed by atoms with Crippen molar-refractivity contribution in [3.8, 4) is 0 Å². The van der Waals surface area contributed by atoms with Crippen LogP contribution in [-0.4, -0.2) is 23.1 Å². The standard InChI is InChI=1S/C13H18O4/c1-13(2)9(11(13)12(15)16)6-7-10(14)17-8-4-3-5-8/h6-9,11H,3-5H2,1-2H3,(H,15,16)/b7-6+. The molecule has 0 bridgehead atoms. The average molecular weight is 238 g/mol. The van der Waals surface area contributed by atoms with Crippen molar-refractivity contribution in [1.29, 1.82) is 0 Å². The summed E-state index contributed by atoms with van der Waals surface area (Å²) < 4.78 is 5.16. The lowest BCUT2D eigenvalue weighted by atomic mass is 9.96. The van der Waals surface area contributed by atoms with Gasteiger partial charge in [-0.2, -0.15) is 0 Å². The first-order valence-corrected chi connectivity index (χ1v) is 6.04. The molecule has 2 aliphatic rings. The number of rotatable bonds is 4. The predicted octanol–water partition coefficient (Wildman–Crippen LogP) is 2.00. The largest absolute Gasteiger partial charge is 0.481 e. The molecule has 4 nitrogen and oxygen atoms in total. The molecule has 0 spiro atoms. The highest BCUT2D eigenvalue weighted by Crippen LogP contribution is 2.59. The minimum atomic E-state index is -0.794. The van der Waals surface area contributed by atoms with Gasteiger partial charge in [0.1, 0.15) is 6.10 Å². The normalized spacial score (nSPS) is 30.9. The van der Waals surface area contributed by atoms with Gasteiger partial charge in [-0.25, -0.2) is 4.79 Å². The quantitative estimate of drug-likeness (QED) is 0.601. The van der Waals surface area contributed by atoms with E-state index in [1.165, 1.54) is 6.08 Å². The zero-order valence-electron chi connectivity index (χ0n) is 10.2. The second-order valence-electron chi connectivity index (χ2n) is 5.51. The summed E-state index contributed by atoms with van der Waals surface area (Å²) in [5.41, 5.74) is -0.251. The van der Waals surface area contributed by atoms with Crippen LogP contribution in [0, 0.1) is 17.3 Å². The molecule has 17 heavy (non-hydrogen) atoms. The fourth-order valence-corrected chi connectivity index (χ4v) is 2.38. The molecule has 0 aromatic carbocycles. The van der Waals surface area contributed by atoms with Crippen LogP contribution >= 0.6 is 0 Å². The van der Waals surface area contributed by atoms with Gasteiger partial charge in [-0.1, -0.05) is 19.9 Å². The monoisotopic (exact) mass is 238 g/mol. The number of hydrogen-bond donors (Lipinski definition) is 1. The van der Waals surface area contributed by atoms with Crippen molar-refractivity contribution in [2.75, 3.05) is 0 Å². The Morgan fingerprint density at radius 2 is 2.00 bits per heavy atom. The summed E-state index contributed by atoms with van der Waals surface area (Å²) >= 11 is 0. The number of esters is 1. The molecule has 94 valence electrons. The third-order valence-electron chi connectivity index (χ3n) is 3.95. The molecule has 4 heteroatoms. The number of ether oxygens (including phenoxy) is 1. The fraction of sp³-hybridized carbons (Fsp3) is 0.692. The molecule has 0 heterocycles. The highest BCUT2D eigenvalue weighted by Gasteiger charge is 2.60. The van der Waals surface area contributed by atoms with E-state index < -0.39 is 5.97 Å². The summed E-state index contributed by atoms with van der Waals surface area (Å²) in [4.78, 5) is 22.3. The molecular formula is C13H18O4. The van der Waals surface area contributed by atoms with Gasteiger partial charge in [0.25, 0.3) is 0 Å². The van der Waals surface area contributed by atoms with Crippen LogP contribution < -0.4 is 0 Å². The zero-order chi connectivity index (χ0) is 12.6. The van der Waals surface area contributed by atoms with E-state index in [2.05, 4.69) is 0 Å². The summed E-state index contributed by atoms with van der Waals surface area (Å²) in [6.45, 7) is 3.80. The lowest BCUT2D eigenvalue weighted by Gasteiger charge is -2.24. The number of allylic oxidation sites excluding steroid dienone is 1. The van der Waals surface area contributed by atoms with Gasteiger partial charge in [0, 0.05) is 6.08 Å². The highest BCUT2D eigenvalue weighted by molar-refractivity contribution is 5.83. The number of carboxylic acids is 1. The first kappa shape index (κ1) is 12.1. The van der Waals surface area contributed by atoms with E-state index in [0.29, 0.717) is 0 Å². The van der Waals surface area contributed by atoms with E-state index in [4.69, 9.17) is 9.84 Å². The van der Waals surface area contributed by atoms with Crippen LogP contribution in [-0.2, 0) is 14.3 Å². The van der Waals surface area contributed by atoms with Crippen LogP contribution in [0.4, 0.5) is 0 Å². The van der Waals surface area contributed by atoms with Gasteiger partial charge in [0.2, 0.25) is 0 Å². The molecule has 0 saturated heterocycles. The zero-order valence-corrected chi connectivity index (χ0v) is 10.2. The van der Waals surface area contributed by atoms with Crippen LogP contribution in [0.25, 0.3) is 0 Å². The molecule has 2 aliphatic carbocycles. The maximum Gasteiger partial charge on any atom is 0.330 e. The van der Waals surface area contributed by atoms with Crippen molar-refractivity contribution in [2.45, 2.75) is 39.2 Å². The summed E-state index contributed by atoms with van der Waals surface area (Å²) in [7, 11) is 0. The van der Waals surface area contributed by atoms with Crippen LogP contribution in [0.5, 0.6) is 0 Å². The summed E-state index contributed by atoms with van der Waals surface area (Å²) in [5, 5.41) is 8.97. The van der Waals surface area contributed by atoms with Crippen molar-refractivity contribution < 1.29 is 19.4 Å². The van der Waals surface area contributed by atoms with Gasteiger partial charge in [-0.05, 0) is 30.6 Å². The maximum absolute atomic E-state index is 11.4. The van der Waals surface area contributed by atoms with Crippen molar-refractivity contribution in [2.24, 2.45) is 17.3 Å². The number of carbonyl (C=O) groups is 2. The molecule has 2 saturated carbocycles. The SMILES string of the molecule is CC1(C)C(/C=C/C(=O)OC2CCC2)C1C(=O)O. The van der Waals surface area contributed by atoms with Gasteiger partial charge in [0.15, 0.2) is 0 Å². The van der Waals surface area contributed by atoms with E-state index in [9.17, 15) is 9.59 Å². The average Bonchev–Trinajstić information content (AvgIpc) is 2.71. The topological polar surface area (TPSA) is 63.6 Å². The lowest BCUT2D eigenvalue weighted by Crippen LogP contribution is -2.24. The van der Waals surface area contributed by atoms with E-state index in [1.807, 2.05) is 13.8 Å². The Morgan fingerprint density at radius 3 is 2.41 bits per heavy atom. The van der Waals surface area contributed by atoms with Gasteiger partial charge in [-0.15, -0.1) is 0 Å². The Balaban J connectivity index is 1.84. The molecule has 0 aromatic heterocycles. The number of carbonyl (C=O) groups excluding carboxylic acids is 1. The van der Waals surface area contributed by atoms with Crippen LogP contribution in [0.15, 0.2) is 12.2 Å². The summed E-state index contributed by atoms with van der Waals surface area (Å²) in [6, 6.07) is 0. The molecule has 0 amide bonds. The van der Waals surface area contributed by atoms with Crippen LogP contribution in [0.3, 0.4) is 0 Å². The van der Waals surface area contributed by atoms with Crippen molar-refractivity contribution in [1.82, 2.24) is 0 Å². The van der Waals surface area contributed by atoms with E-state index >= 15 is 0 Å². The molecule has 0 aromatic rings. The van der Waals surface area contributed by atoms with Crippen molar-refractivity contribution in [3.63, 3.8) is 0 Å². The first-order chi connectivity index (χ1) is 7.93. The third kappa shape index (κ3) is 2.35. The molecule has 2 atom stereocenters. The number of hydrogen-bond acceptors (Lipinski definition) is 3. The van der Waals surface area contributed by atoms with Crippen LogP contribution in [0.2, 0.25) is 0 Å². The van der Waals surface area contributed by atoms with E-state index in [0.717, 1.165) is 19.3 Å². The molecule has 2 unspecified atom stereocenters. The van der Waals surface area contributed by atoms with Gasteiger partial charge in [0.05, 0.1) is 5.92 Å². The fourth-order valence-electron chi connectivity index (χ4n) is 2.38. The number of aliphatic carboxylic acids is 1. The Kier molecular flexibility index (Phi) is 2.98. The second kappa shape index (κ2) is 4.17. The van der Waals surface area contributed by atoms with Gasteiger partial charge < -0.3 is 9.84 Å². The maximum atomic E-state index is 11.4. The Labute approximate surface area is 101 Å². The molecule has 2 fully saturated rings. The van der Waals surface area contributed by atoms with Crippen molar-refractivity contribution >= 4 is 11.9 Å². The Bertz CT molecular complexity index is 366. The molecule has 0 radical (unpaired) electrons.